The van der Waals surface area contributed by atoms with Gasteiger partial charge in [-0.2, -0.15) is 0 Å². The lowest BCUT2D eigenvalue weighted by molar-refractivity contribution is 0.391. The van der Waals surface area contributed by atoms with Crippen LogP contribution in [0, 0.1) is 6.92 Å². The SMILES string of the molecule is Cc1ccc(NC(=NCc2ccccc2)N2CCc3ccccc3C2)c(Br)c1. The second-order valence-corrected chi connectivity index (χ2v) is 8.03. The largest absolute Gasteiger partial charge is 0.338 e. The molecular weight excluding hydrogens is 410 g/mol. The Bertz CT molecular complexity index is 982. The third kappa shape index (κ3) is 4.45. The van der Waals surface area contributed by atoms with Gasteiger partial charge in [-0.15, -0.1) is 0 Å². The monoisotopic (exact) mass is 433 g/mol. The average molecular weight is 434 g/mol. The number of halogens is 1. The molecule has 0 unspecified atom stereocenters. The third-order valence-electron chi connectivity index (χ3n) is 5.06. The number of benzene rings is 3. The molecule has 0 saturated carbocycles. The van der Waals surface area contributed by atoms with Crippen molar-refractivity contribution in [3.8, 4) is 0 Å². The molecule has 1 heterocycles. The van der Waals surface area contributed by atoms with Crippen LogP contribution >= 0.6 is 15.9 Å². The Balaban J connectivity index is 1.61. The molecule has 4 heteroatoms. The van der Waals surface area contributed by atoms with Crippen LogP contribution in [0.5, 0.6) is 0 Å². The highest BCUT2D eigenvalue weighted by molar-refractivity contribution is 9.10. The Hall–Kier alpha value is -2.59. The molecule has 0 aromatic heterocycles. The number of rotatable bonds is 3. The summed E-state index contributed by atoms with van der Waals surface area (Å²) in [6.45, 7) is 4.59. The van der Waals surface area contributed by atoms with Gasteiger partial charge < -0.3 is 10.2 Å². The summed E-state index contributed by atoms with van der Waals surface area (Å²) in [5.41, 5.74) is 6.30. The maximum absolute atomic E-state index is 4.96. The Labute approximate surface area is 175 Å². The topological polar surface area (TPSA) is 27.6 Å². The van der Waals surface area contributed by atoms with E-state index in [1.807, 2.05) is 6.07 Å². The van der Waals surface area contributed by atoms with Gasteiger partial charge in [0, 0.05) is 17.6 Å². The summed E-state index contributed by atoms with van der Waals surface area (Å²) in [6.07, 6.45) is 1.04. The Kier molecular flexibility index (Phi) is 5.77. The first kappa shape index (κ1) is 18.8. The fourth-order valence-corrected chi connectivity index (χ4v) is 4.08. The van der Waals surface area contributed by atoms with Gasteiger partial charge in [-0.25, -0.2) is 4.99 Å². The minimum Gasteiger partial charge on any atom is -0.338 e. The average Bonchev–Trinajstić information content (AvgIpc) is 2.73. The Morgan fingerprint density at radius 1 is 1.00 bits per heavy atom. The first-order chi connectivity index (χ1) is 13.7. The normalized spacial score (nSPS) is 13.9. The van der Waals surface area contributed by atoms with Gasteiger partial charge in [-0.1, -0.05) is 60.7 Å². The summed E-state index contributed by atoms with van der Waals surface area (Å²) in [5.74, 6) is 0.919. The number of nitrogens with zero attached hydrogens (tertiary/aromatic N) is 2. The van der Waals surface area contributed by atoms with Crippen LogP contribution in [-0.2, 0) is 19.5 Å². The number of anilines is 1. The molecule has 142 valence electrons. The lowest BCUT2D eigenvalue weighted by atomic mass is 10.0. The summed E-state index contributed by atoms with van der Waals surface area (Å²) in [7, 11) is 0. The number of hydrogen-bond acceptors (Lipinski definition) is 1. The van der Waals surface area contributed by atoms with Crippen LogP contribution in [0.2, 0.25) is 0 Å². The van der Waals surface area contributed by atoms with Crippen LogP contribution in [0.15, 0.2) is 82.3 Å². The summed E-state index contributed by atoms with van der Waals surface area (Å²) in [5, 5.41) is 3.57. The Morgan fingerprint density at radius 2 is 1.75 bits per heavy atom. The number of nitrogens with one attached hydrogen (secondary N) is 1. The number of aliphatic imine (C=N–C) groups is 1. The molecule has 3 aromatic carbocycles. The van der Waals surface area contributed by atoms with Crippen molar-refractivity contribution in [2.24, 2.45) is 4.99 Å². The van der Waals surface area contributed by atoms with Gasteiger partial charge in [0.25, 0.3) is 0 Å². The van der Waals surface area contributed by atoms with E-state index >= 15 is 0 Å². The van der Waals surface area contributed by atoms with Crippen molar-refractivity contribution in [3.05, 3.63) is 99.5 Å². The molecule has 1 aliphatic rings. The van der Waals surface area contributed by atoms with E-state index < -0.39 is 0 Å². The number of guanidine groups is 1. The maximum atomic E-state index is 4.96. The molecule has 0 atom stereocenters. The highest BCUT2D eigenvalue weighted by atomic mass is 79.9. The van der Waals surface area contributed by atoms with E-state index in [0.717, 1.165) is 35.6 Å². The van der Waals surface area contributed by atoms with Crippen molar-refractivity contribution in [3.63, 3.8) is 0 Å². The van der Waals surface area contributed by atoms with Crippen molar-refractivity contribution in [1.82, 2.24) is 4.90 Å². The van der Waals surface area contributed by atoms with Crippen molar-refractivity contribution >= 4 is 27.6 Å². The smallest absolute Gasteiger partial charge is 0.199 e. The van der Waals surface area contributed by atoms with Crippen LogP contribution in [0.4, 0.5) is 5.69 Å². The van der Waals surface area contributed by atoms with E-state index in [2.05, 4.69) is 99.8 Å². The maximum Gasteiger partial charge on any atom is 0.199 e. The zero-order valence-electron chi connectivity index (χ0n) is 16.0. The fraction of sp³-hybridized carbons (Fsp3) is 0.208. The summed E-state index contributed by atoms with van der Waals surface area (Å²) in [4.78, 5) is 7.30. The molecule has 0 radical (unpaired) electrons. The second-order valence-electron chi connectivity index (χ2n) is 7.17. The van der Waals surface area contributed by atoms with E-state index in [0.29, 0.717) is 6.54 Å². The van der Waals surface area contributed by atoms with Crippen molar-refractivity contribution in [1.29, 1.82) is 0 Å². The van der Waals surface area contributed by atoms with Gasteiger partial charge >= 0.3 is 0 Å². The van der Waals surface area contributed by atoms with Gasteiger partial charge in [0.05, 0.1) is 12.2 Å². The minimum atomic E-state index is 0.658. The van der Waals surface area contributed by atoms with Crippen LogP contribution in [0.25, 0.3) is 0 Å². The molecule has 0 amide bonds. The van der Waals surface area contributed by atoms with E-state index in [9.17, 15) is 0 Å². The van der Waals surface area contributed by atoms with Gasteiger partial charge in [0.1, 0.15) is 0 Å². The van der Waals surface area contributed by atoms with Crippen LogP contribution in [0.3, 0.4) is 0 Å². The fourth-order valence-electron chi connectivity index (χ4n) is 3.49. The van der Waals surface area contributed by atoms with Gasteiger partial charge in [0.2, 0.25) is 0 Å². The molecule has 4 rings (SSSR count). The van der Waals surface area contributed by atoms with Gasteiger partial charge in [-0.05, 0) is 63.7 Å². The first-order valence-electron chi connectivity index (χ1n) is 9.62. The van der Waals surface area contributed by atoms with E-state index in [1.165, 1.54) is 22.3 Å². The zero-order valence-corrected chi connectivity index (χ0v) is 17.6. The lowest BCUT2D eigenvalue weighted by Gasteiger charge is -2.32. The standard InChI is InChI=1S/C24H24BrN3/c1-18-11-12-23(22(25)15-18)27-24(26-16-19-7-3-2-4-8-19)28-14-13-20-9-5-6-10-21(20)17-28/h2-12,15H,13-14,16-17H2,1H3,(H,26,27). The van der Waals surface area contributed by atoms with E-state index in [1.54, 1.807) is 0 Å². The summed E-state index contributed by atoms with van der Waals surface area (Å²) in [6, 6.07) is 25.5. The number of aryl methyl sites for hydroxylation is 1. The minimum absolute atomic E-state index is 0.658. The molecule has 1 N–H and O–H groups in total. The van der Waals surface area contributed by atoms with Crippen LogP contribution in [-0.4, -0.2) is 17.4 Å². The quantitative estimate of drug-likeness (QED) is 0.418. The van der Waals surface area contributed by atoms with Crippen LogP contribution in [0.1, 0.15) is 22.3 Å². The van der Waals surface area contributed by atoms with Crippen molar-refractivity contribution in [2.75, 3.05) is 11.9 Å². The lowest BCUT2D eigenvalue weighted by Crippen LogP contribution is -2.40. The molecule has 1 aliphatic heterocycles. The number of fused-ring (bicyclic) bond motifs is 1. The molecule has 28 heavy (non-hydrogen) atoms. The van der Waals surface area contributed by atoms with Crippen molar-refractivity contribution in [2.45, 2.75) is 26.4 Å². The molecule has 3 nitrogen and oxygen atoms in total. The van der Waals surface area contributed by atoms with Gasteiger partial charge in [0.15, 0.2) is 5.96 Å². The first-order valence-corrected chi connectivity index (χ1v) is 10.4. The third-order valence-corrected chi connectivity index (χ3v) is 5.71. The predicted molar refractivity (Wildman–Crippen MR) is 121 cm³/mol. The van der Waals surface area contributed by atoms with Gasteiger partial charge in [-0.3, -0.25) is 0 Å². The highest BCUT2D eigenvalue weighted by Crippen LogP contribution is 2.25. The molecule has 0 fully saturated rings. The molecule has 3 aromatic rings. The zero-order chi connectivity index (χ0) is 19.3. The summed E-state index contributed by atoms with van der Waals surface area (Å²) >= 11 is 3.69. The molecule has 0 aliphatic carbocycles. The molecule has 0 saturated heterocycles. The van der Waals surface area contributed by atoms with Crippen molar-refractivity contribution < 1.29 is 0 Å². The molecule has 0 bridgehead atoms. The molecular formula is C24H24BrN3. The molecule has 0 spiro atoms. The van der Waals surface area contributed by atoms with E-state index in [4.69, 9.17) is 4.99 Å². The number of hydrogen-bond donors (Lipinski definition) is 1. The second kappa shape index (κ2) is 8.61. The Morgan fingerprint density at radius 3 is 2.54 bits per heavy atom. The van der Waals surface area contributed by atoms with E-state index in [-0.39, 0.29) is 0 Å². The highest BCUT2D eigenvalue weighted by Gasteiger charge is 2.19. The van der Waals surface area contributed by atoms with Crippen LogP contribution < -0.4 is 5.32 Å². The predicted octanol–water partition coefficient (Wildman–Crippen LogP) is 5.78. The summed E-state index contributed by atoms with van der Waals surface area (Å²) < 4.78 is 1.05.